The van der Waals surface area contributed by atoms with Gasteiger partial charge in [0.1, 0.15) is 7.85 Å². The summed E-state index contributed by atoms with van der Waals surface area (Å²) in [7, 11) is 7.15. The molecule has 0 bridgehead atoms. The summed E-state index contributed by atoms with van der Waals surface area (Å²) in [5.41, 5.74) is 5.47. The number of nitrogens with two attached hydrogens (primary N) is 1. The van der Waals surface area contributed by atoms with Crippen molar-refractivity contribution in [1.29, 1.82) is 0 Å². The van der Waals surface area contributed by atoms with E-state index >= 15 is 0 Å². The second-order valence-corrected chi connectivity index (χ2v) is 3.98. The van der Waals surface area contributed by atoms with E-state index in [1.807, 2.05) is 12.2 Å². The summed E-state index contributed by atoms with van der Waals surface area (Å²) in [6.07, 6.45) is 10.00. The minimum atomic E-state index is 0.823. The van der Waals surface area contributed by atoms with Gasteiger partial charge >= 0.3 is 0 Å². The average Bonchev–Trinajstić information content (AvgIpc) is 2.22. The van der Waals surface area contributed by atoms with Crippen LogP contribution in [0.3, 0.4) is 0 Å². The van der Waals surface area contributed by atoms with Crippen LogP contribution in [0.15, 0.2) is 23.4 Å². The van der Waals surface area contributed by atoms with E-state index in [2.05, 4.69) is 5.73 Å². The van der Waals surface area contributed by atoms with Gasteiger partial charge < -0.3 is 10.5 Å². The van der Waals surface area contributed by atoms with Gasteiger partial charge in [0.2, 0.25) is 0 Å². The minimum absolute atomic E-state index is 0.823. The predicted octanol–water partition coefficient (Wildman–Crippen LogP) is 2.11. The molecular weight excluding hydrogens is 185 g/mol. The molecule has 0 aliphatic heterocycles. The van der Waals surface area contributed by atoms with Gasteiger partial charge in [-0.1, -0.05) is 12.5 Å². The predicted molar refractivity (Wildman–Crippen MR) is 64.6 cm³/mol. The average molecular weight is 205 g/mol. The van der Waals surface area contributed by atoms with Crippen LogP contribution in [0, 0.1) is 5.92 Å². The smallest absolute Gasteiger partial charge is 0.107 e. The topological polar surface area (TPSA) is 35.2 Å². The summed E-state index contributed by atoms with van der Waals surface area (Å²) in [6.45, 7) is 0.916. The Bertz CT molecular complexity index is 244. The van der Waals surface area contributed by atoms with Crippen molar-refractivity contribution in [2.45, 2.75) is 32.1 Å². The number of ether oxygens (including phenoxy) is 1. The summed E-state index contributed by atoms with van der Waals surface area (Å²) in [6, 6.07) is 0. The molecule has 2 nitrogen and oxygen atoms in total. The third kappa shape index (κ3) is 4.12. The number of allylic oxidation sites excluding steroid dienone is 4. The van der Waals surface area contributed by atoms with Crippen LogP contribution in [0.1, 0.15) is 32.1 Å². The van der Waals surface area contributed by atoms with Gasteiger partial charge in [-0.2, -0.15) is 0 Å². The van der Waals surface area contributed by atoms with Crippen LogP contribution in [0.25, 0.3) is 0 Å². The van der Waals surface area contributed by atoms with Gasteiger partial charge in [0.25, 0.3) is 0 Å². The fourth-order valence-corrected chi connectivity index (χ4v) is 1.64. The first-order valence-electron chi connectivity index (χ1n) is 5.70. The molecule has 0 amide bonds. The lowest BCUT2D eigenvalue weighted by Gasteiger charge is -2.26. The SMILES string of the molecule is CN.[B]C1=CC=C(OCC2CCC2)CC1. The highest BCUT2D eigenvalue weighted by Crippen LogP contribution is 2.28. The molecule has 1 fully saturated rings. The van der Waals surface area contributed by atoms with Crippen LogP contribution in [-0.2, 0) is 4.74 Å². The number of hydrogen-bond donors (Lipinski definition) is 1. The largest absolute Gasteiger partial charge is 0.498 e. The molecule has 0 unspecified atom stereocenters. The van der Waals surface area contributed by atoms with Gasteiger partial charge in [-0.3, -0.25) is 0 Å². The first-order chi connectivity index (χ1) is 7.34. The first kappa shape index (κ1) is 12.4. The third-order valence-electron chi connectivity index (χ3n) is 2.87. The molecule has 15 heavy (non-hydrogen) atoms. The maximum absolute atomic E-state index is 5.70. The standard InChI is InChI=1S/C11H15BO.CH5N/c12-10-4-6-11(7-5-10)13-8-9-2-1-3-9;1-2/h4,6,9H,1-3,5,7-8H2;2H2,1H3. The van der Waals surface area contributed by atoms with Crippen molar-refractivity contribution in [3.63, 3.8) is 0 Å². The Morgan fingerprint density at radius 1 is 1.33 bits per heavy atom. The lowest BCUT2D eigenvalue weighted by atomic mass is 9.86. The van der Waals surface area contributed by atoms with Crippen LogP contribution < -0.4 is 5.73 Å². The Labute approximate surface area is 94.0 Å². The molecule has 0 atom stereocenters. The number of hydrogen-bond acceptors (Lipinski definition) is 2. The van der Waals surface area contributed by atoms with E-state index in [0.29, 0.717) is 0 Å². The monoisotopic (exact) mass is 205 g/mol. The van der Waals surface area contributed by atoms with Crippen LogP contribution in [0.5, 0.6) is 0 Å². The van der Waals surface area contributed by atoms with E-state index < -0.39 is 0 Å². The second-order valence-electron chi connectivity index (χ2n) is 3.98. The van der Waals surface area contributed by atoms with E-state index in [1.54, 1.807) is 0 Å². The maximum Gasteiger partial charge on any atom is 0.107 e. The van der Waals surface area contributed by atoms with Crippen molar-refractivity contribution in [2.24, 2.45) is 11.7 Å². The summed E-state index contributed by atoms with van der Waals surface area (Å²) >= 11 is 0. The van der Waals surface area contributed by atoms with Gasteiger partial charge in [0.15, 0.2) is 0 Å². The Morgan fingerprint density at radius 3 is 2.53 bits per heavy atom. The lowest BCUT2D eigenvalue weighted by molar-refractivity contribution is 0.116. The molecule has 2 radical (unpaired) electrons. The maximum atomic E-state index is 5.70. The van der Waals surface area contributed by atoms with Crippen molar-refractivity contribution in [3.05, 3.63) is 23.4 Å². The van der Waals surface area contributed by atoms with Crippen molar-refractivity contribution in [1.82, 2.24) is 0 Å². The first-order valence-corrected chi connectivity index (χ1v) is 5.70. The van der Waals surface area contributed by atoms with Crippen molar-refractivity contribution < 1.29 is 4.74 Å². The van der Waals surface area contributed by atoms with E-state index in [4.69, 9.17) is 12.6 Å². The molecule has 0 aromatic heterocycles. The Hall–Kier alpha value is -0.695. The van der Waals surface area contributed by atoms with Crippen LogP contribution in [0.4, 0.5) is 0 Å². The molecule has 0 saturated heterocycles. The fourth-order valence-electron chi connectivity index (χ4n) is 1.64. The minimum Gasteiger partial charge on any atom is -0.498 e. The van der Waals surface area contributed by atoms with Gasteiger partial charge in [0, 0.05) is 6.42 Å². The van der Waals surface area contributed by atoms with Crippen molar-refractivity contribution in [3.8, 4) is 0 Å². The lowest BCUT2D eigenvalue weighted by Crippen LogP contribution is -2.17. The molecule has 2 aliphatic rings. The molecule has 2 aliphatic carbocycles. The van der Waals surface area contributed by atoms with Gasteiger partial charge in [-0.15, -0.1) is 5.47 Å². The zero-order valence-electron chi connectivity index (χ0n) is 9.54. The molecular formula is C12H20BNO. The molecule has 3 heteroatoms. The van der Waals surface area contributed by atoms with Crippen molar-refractivity contribution in [2.75, 3.05) is 13.7 Å². The Kier molecular flexibility index (Phi) is 5.55. The Morgan fingerprint density at radius 2 is 2.07 bits per heavy atom. The molecule has 0 aromatic rings. The zero-order valence-corrected chi connectivity index (χ0v) is 9.54. The molecule has 2 rings (SSSR count). The van der Waals surface area contributed by atoms with E-state index in [0.717, 1.165) is 36.6 Å². The molecule has 0 aromatic carbocycles. The molecule has 0 heterocycles. The van der Waals surface area contributed by atoms with Gasteiger partial charge in [-0.05, 0) is 38.3 Å². The highest BCUT2D eigenvalue weighted by Gasteiger charge is 2.18. The summed E-state index contributed by atoms with van der Waals surface area (Å²) in [5, 5.41) is 0. The van der Waals surface area contributed by atoms with E-state index in [-0.39, 0.29) is 0 Å². The fraction of sp³-hybridized carbons (Fsp3) is 0.667. The third-order valence-corrected chi connectivity index (χ3v) is 2.87. The van der Waals surface area contributed by atoms with Crippen LogP contribution >= 0.6 is 0 Å². The quantitative estimate of drug-likeness (QED) is 0.716. The van der Waals surface area contributed by atoms with E-state index in [1.165, 1.54) is 26.3 Å². The summed E-state index contributed by atoms with van der Waals surface area (Å²) in [5.74, 6) is 1.94. The van der Waals surface area contributed by atoms with Crippen LogP contribution in [-0.4, -0.2) is 21.5 Å². The molecule has 82 valence electrons. The van der Waals surface area contributed by atoms with Gasteiger partial charge in [-0.25, -0.2) is 0 Å². The Balaban J connectivity index is 0.000000531. The summed E-state index contributed by atoms with van der Waals surface area (Å²) in [4.78, 5) is 0. The number of rotatable bonds is 3. The highest BCUT2D eigenvalue weighted by atomic mass is 16.5. The summed E-state index contributed by atoms with van der Waals surface area (Å²) < 4.78 is 5.70. The highest BCUT2D eigenvalue weighted by molar-refractivity contribution is 6.21. The zero-order chi connectivity index (χ0) is 11.1. The van der Waals surface area contributed by atoms with Gasteiger partial charge in [0.05, 0.1) is 12.4 Å². The molecule has 1 saturated carbocycles. The van der Waals surface area contributed by atoms with Crippen molar-refractivity contribution >= 4 is 7.85 Å². The van der Waals surface area contributed by atoms with Crippen LogP contribution in [0.2, 0.25) is 0 Å². The van der Waals surface area contributed by atoms with E-state index in [9.17, 15) is 0 Å². The molecule has 0 spiro atoms. The molecule has 2 N–H and O–H groups in total. The normalized spacial score (nSPS) is 20.4. The second kappa shape index (κ2) is 6.73.